The van der Waals surface area contributed by atoms with Crippen LogP contribution >= 0.6 is 15.9 Å². The minimum atomic E-state index is -1.03. The Morgan fingerprint density at radius 3 is 2.79 bits per heavy atom. The number of hydrogen-bond acceptors (Lipinski definition) is 2. The summed E-state index contributed by atoms with van der Waals surface area (Å²) in [6, 6.07) is 2.77. The second kappa shape index (κ2) is 5.46. The standard InChI is InChI=1S/C14H18BrF2NO/c1-9-7-14(19,5-6-18(9)2)8-10-12(16)4-3-11(15)13(10)17/h3-4,9,19H,5-8H2,1-2H3. The van der Waals surface area contributed by atoms with Crippen molar-refractivity contribution < 1.29 is 13.9 Å². The van der Waals surface area contributed by atoms with Crippen molar-refractivity contribution >= 4 is 15.9 Å². The van der Waals surface area contributed by atoms with Gasteiger partial charge < -0.3 is 10.0 Å². The van der Waals surface area contributed by atoms with Crippen LogP contribution < -0.4 is 0 Å². The van der Waals surface area contributed by atoms with Gasteiger partial charge in [0.15, 0.2) is 0 Å². The largest absolute Gasteiger partial charge is 0.389 e. The second-order valence-corrected chi connectivity index (χ2v) is 6.36. The molecule has 1 N–H and O–H groups in total. The van der Waals surface area contributed by atoms with Gasteiger partial charge in [0.25, 0.3) is 0 Å². The van der Waals surface area contributed by atoms with Gasteiger partial charge in [0.05, 0.1) is 10.1 Å². The molecule has 106 valence electrons. The van der Waals surface area contributed by atoms with E-state index in [0.29, 0.717) is 12.8 Å². The Bertz CT molecular complexity index is 483. The van der Waals surface area contributed by atoms with Crippen molar-refractivity contribution in [3.05, 3.63) is 33.8 Å². The molecule has 1 aromatic carbocycles. The molecule has 0 aliphatic carbocycles. The van der Waals surface area contributed by atoms with Gasteiger partial charge in [-0.15, -0.1) is 0 Å². The summed E-state index contributed by atoms with van der Waals surface area (Å²) < 4.78 is 27.9. The van der Waals surface area contributed by atoms with E-state index in [0.717, 1.165) is 6.54 Å². The predicted octanol–water partition coefficient (Wildman–Crippen LogP) is 3.12. The molecule has 1 aliphatic heterocycles. The number of benzene rings is 1. The Kier molecular flexibility index (Phi) is 4.28. The van der Waals surface area contributed by atoms with Gasteiger partial charge in [-0.3, -0.25) is 0 Å². The van der Waals surface area contributed by atoms with E-state index in [-0.39, 0.29) is 22.5 Å². The second-order valence-electron chi connectivity index (χ2n) is 5.51. The third-order valence-corrected chi connectivity index (χ3v) is 4.61. The highest BCUT2D eigenvalue weighted by Gasteiger charge is 2.36. The Balaban J connectivity index is 2.24. The lowest BCUT2D eigenvalue weighted by Gasteiger charge is -2.41. The Labute approximate surface area is 120 Å². The minimum absolute atomic E-state index is 0.0162. The molecule has 1 fully saturated rings. The quantitative estimate of drug-likeness (QED) is 0.840. The van der Waals surface area contributed by atoms with E-state index in [1.807, 2.05) is 14.0 Å². The molecule has 2 unspecified atom stereocenters. The van der Waals surface area contributed by atoms with Crippen LogP contribution in [0, 0.1) is 11.6 Å². The third kappa shape index (κ3) is 3.15. The van der Waals surface area contributed by atoms with Crippen molar-refractivity contribution in [3.63, 3.8) is 0 Å². The molecule has 0 amide bonds. The van der Waals surface area contributed by atoms with Gasteiger partial charge >= 0.3 is 0 Å². The van der Waals surface area contributed by atoms with Crippen LogP contribution in [0.3, 0.4) is 0 Å². The summed E-state index contributed by atoms with van der Waals surface area (Å²) >= 11 is 3.05. The first-order valence-corrected chi connectivity index (χ1v) is 7.17. The average molecular weight is 334 g/mol. The highest BCUT2D eigenvalue weighted by molar-refractivity contribution is 9.10. The van der Waals surface area contributed by atoms with Gasteiger partial charge in [-0.25, -0.2) is 8.78 Å². The number of rotatable bonds is 2. The summed E-state index contributed by atoms with van der Waals surface area (Å²) in [6.45, 7) is 2.74. The van der Waals surface area contributed by atoms with Crippen LogP contribution in [0.1, 0.15) is 25.3 Å². The van der Waals surface area contributed by atoms with Crippen molar-refractivity contribution in [2.45, 2.75) is 37.8 Å². The van der Waals surface area contributed by atoms with Gasteiger partial charge in [-0.05, 0) is 54.9 Å². The normalized spacial score (nSPS) is 28.6. The summed E-state index contributed by atoms with van der Waals surface area (Å²) in [6.07, 6.45) is 1.07. The first-order valence-electron chi connectivity index (χ1n) is 6.37. The van der Waals surface area contributed by atoms with Gasteiger partial charge in [0.1, 0.15) is 11.6 Å². The lowest BCUT2D eigenvalue weighted by Crippen LogP contribution is -2.49. The van der Waals surface area contributed by atoms with Crippen LogP contribution in [-0.2, 0) is 6.42 Å². The Morgan fingerprint density at radius 2 is 2.16 bits per heavy atom. The summed E-state index contributed by atoms with van der Waals surface area (Å²) in [4.78, 5) is 2.14. The molecule has 2 nitrogen and oxygen atoms in total. The van der Waals surface area contributed by atoms with Gasteiger partial charge in [0, 0.05) is 24.6 Å². The molecule has 1 heterocycles. The fraction of sp³-hybridized carbons (Fsp3) is 0.571. The van der Waals surface area contributed by atoms with Crippen molar-refractivity contribution in [2.24, 2.45) is 0 Å². The maximum atomic E-state index is 14.0. The Morgan fingerprint density at radius 1 is 1.47 bits per heavy atom. The predicted molar refractivity (Wildman–Crippen MR) is 74.0 cm³/mol. The number of nitrogens with zero attached hydrogens (tertiary/aromatic N) is 1. The topological polar surface area (TPSA) is 23.5 Å². The molecule has 1 saturated heterocycles. The highest BCUT2D eigenvalue weighted by atomic mass is 79.9. The molecule has 1 aromatic rings. The number of likely N-dealkylation sites (tertiary alicyclic amines) is 1. The number of halogens is 3. The van der Waals surface area contributed by atoms with Gasteiger partial charge in [-0.2, -0.15) is 0 Å². The summed E-state index contributed by atoms with van der Waals surface area (Å²) in [5, 5.41) is 10.6. The number of hydrogen-bond donors (Lipinski definition) is 1. The van der Waals surface area contributed by atoms with Crippen LogP contribution in [0.2, 0.25) is 0 Å². The molecule has 0 bridgehead atoms. The van der Waals surface area contributed by atoms with E-state index in [1.165, 1.54) is 12.1 Å². The number of aliphatic hydroxyl groups is 1. The van der Waals surface area contributed by atoms with Crippen LogP contribution in [0.4, 0.5) is 8.78 Å². The lowest BCUT2D eigenvalue weighted by atomic mass is 9.82. The molecule has 0 aromatic heterocycles. The summed E-state index contributed by atoms with van der Waals surface area (Å²) in [5.74, 6) is -1.21. The van der Waals surface area contributed by atoms with Crippen molar-refractivity contribution in [1.82, 2.24) is 4.90 Å². The summed E-state index contributed by atoms with van der Waals surface area (Å²) in [7, 11) is 1.99. The zero-order chi connectivity index (χ0) is 14.2. The van der Waals surface area contributed by atoms with Crippen molar-refractivity contribution in [1.29, 1.82) is 0 Å². The molecular formula is C14H18BrF2NO. The van der Waals surface area contributed by atoms with Crippen LogP contribution in [-0.4, -0.2) is 35.2 Å². The van der Waals surface area contributed by atoms with E-state index < -0.39 is 17.2 Å². The smallest absolute Gasteiger partial charge is 0.143 e. The summed E-state index contributed by atoms with van der Waals surface area (Å²) in [5.41, 5.74) is -1.07. The van der Waals surface area contributed by atoms with Gasteiger partial charge in [0.2, 0.25) is 0 Å². The molecular weight excluding hydrogens is 316 g/mol. The van der Waals surface area contributed by atoms with Crippen LogP contribution in [0.25, 0.3) is 0 Å². The van der Waals surface area contributed by atoms with Crippen molar-refractivity contribution in [3.8, 4) is 0 Å². The maximum Gasteiger partial charge on any atom is 0.143 e. The Hall–Kier alpha value is -0.520. The lowest BCUT2D eigenvalue weighted by molar-refractivity contribution is -0.0364. The minimum Gasteiger partial charge on any atom is -0.389 e. The van der Waals surface area contributed by atoms with Crippen molar-refractivity contribution in [2.75, 3.05) is 13.6 Å². The van der Waals surface area contributed by atoms with E-state index in [4.69, 9.17) is 0 Å². The molecule has 0 radical (unpaired) electrons. The highest BCUT2D eigenvalue weighted by Crippen LogP contribution is 2.32. The fourth-order valence-electron chi connectivity index (χ4n) is 2.63. The van der Waals surface area contributed by atoms with E-state index in [2.05, 4.69) is 20.8 Å². The maximum absolute atomic E-state index is 14.0. The first-order chi connectivity index (χ1) is 8.82. The molecule has 2 atom stereocenters. The molecule has 19 heavy (non-hydrogen) atoms. The average Bonchev–Trinajstić information content (AvgIpc) is 2.35. The zero-order valence-electron chi connectivity index (χ0n) is 11.1. The van der Waals surface area contributed by atoms with Crippen LogP contribution in [0.5, 0.6) is 0 Å². The molecule has 1 aliphatic rings. The molecule has 0 saturated carbocycles. The van der Waals surface area contributed by atoms with E-state index in [1.54, 1.807) is 0 Å². The van der Waals surface area contributed by atoms with E-state index >= 15 is 0 Å². The third-order valence-electron chi connectivity index (χ3n) is 4.00. The fourth-order valence-corrected chi connectivity index (χ4v) is 3.00. The molecule has 5 heteroatoms. The monoisotopic (exact) mass is 333 g/mol. The SMILES string of the molecule is CC1CC(O)(Cc2c(F)ccc(Br)c2F)CCN1C. The van der Waals surface area contributed by atoms with Gasteiger partial charge in [-0.1, -0.05) is 0 Å². The zero-order valence-corrected chi connectivity index (χ0v) is 12.7. The van der Waals surface area contributed by atoms with E-state index in [9.17, 15) is 13.9 Å². The van der Waals surface area contributed by atoms with Crippen LogP contribution in [0.15, 0.2) is 16.6 Å². The molecule has 0 spiro atoms. The number of piperidine rings is 1. The first kappa shape index (κ1) is 14.9. The molecule has 2 rings (SSSR count).